The maximum atomic E-state index is 9.18. The Labute approximate surface area is 155 Å². The zero-order chi connectivity index (χ0) is 18.2. The fraction of sp³-hybridized carbons (Fsp3) is 0.222. The van der Waals surface area contributed by atoms with Crippen LogP contribution in [0.25, 0.3) is 17.7 Å². The van der Waals surface area contributed by atoms with Crippen molar-refractivity contribution in [2.24, 2.45) is 0 Å². The summed E-state index contributed by atoms with van der Waals surface area (Å²) in [4.78, 5) is 8.18. The molecule has 0 aliphatic carbocycles. The summed E-state index contributed by atoms with van der Waals surface area (Å²) >= 11 is 2.99. The lowest BCUT2D eigenvalue weighted by Gasteiger charge is -2.17. The maximum absolute atomic E-state index is 9.18. The summed E-state index contributed by atoms with van der Waals surface area (Å²) in [6.07, 6.45) is 5.37. The third-order valence-electron chi connectivity index (χ3n) is 3.43. The first-order chi connectivity index (χ1) is 12.2. The van der Waals surface area contributed by atoms with Gasteiger partial charge in [-0.1, -0.05) is 0 Å². The molecule has 0 N–H and O–H groups in total. The van der Waals surface area contributed by atoms with Crippen molar-refractivity contribution in [3.63, 3.8) is 0 Å². The van der Waals surface area contributed by atoms with Gasteiger partial charge in [0.2, 0.25) is 0 Å². The number of thiazole rings is 1. The molecule has 25 heavy (non-hydrogen) atoms. The van der Waals surface area contributed by atoms with Crippen molar-refractivity contribution in [2.75, 3.05) is 18.0 Å². The molecular formula is C18H15N5S2. The zero-order valence-corrected chi connectivity index (χ0v) is 15.5. The number of hydrogen-bond acceptors (Lipinski definition) is 7. The number of allylic oxidation sites excluding steroid dienone is 2. The topological polar surface area (TPSA) is 87.5 Å². The van der Waals surface area contributed by atoms with Crippen LogP contribution in [0.4, 0.5) is 5.00 Å². The standard InChI is InChI=1S/C18H15N5S2/c1-3-23(4-2)18-8-6-14(24-18)5-7-17-22-12-16(25-17)15(11-21)13(9-19)10-20/h5-8,12H,3-4H2,1-2H3/b7-5+. The Kier molecular flexibility index (Phi) is 6.48. The van der Waals surface area contributed by atoms with E-state index in [1.165, 1.54) is 22.5 Å². The van der Waals surface area contributed by atoms with Gasteiger partial charge >= 0.3 is 0 Å². The third kappa shape index (κ3) is 4.33. The molecule has 0 bridgehead atoms. The van der Waals surface area contributed by atoms with E-state index in [0.29, 0.717) is 4.88 Å². The van der Waals surface area contributed by atoms with Crippen LogP contribution in [0.5, 0.6) is 0 Å². The molecule has 7 heteroatoms. The van der Waals surface area contributed by atoms with Crippen LogP contribution in [0.2, 0.25) is 0 Å². The van der Waals surface area contributed by atoms with Crippen LogP contribution in [0.3, 0.4) is 0 Å². The fourth-order valence-electron chi connectivity index (χ4n) is 2.14. The summed E-state index contributed by atoms with van der Waals surface area (Å²) in [5.74, 6) is 0. The Morgan fingerprint density at radius 2 is 1.80 bits per heavy atom. The first-order valence-corrected chi connectivity index (χ1v) is 9.23. The quantitative estimate of drug-likeness (QED) is 0.701. The van der Waals surface area contributed by atoms with Crippen molar-refractivity contribution in [3.05, 3.63) is 38.7 Å². The molecular weight excluding hydrogens is 350 g/mol. The molecule has 2 heterocycles. The van der Waals surface area contributed by atoms with Gasteiger partial charge in [-0.15, -0.1) is 22.7 Å². The van der Waals surface area contributed by atoms with E-state index < -0.39 is 0 Å². The number of nitrogens with zero attached hydrogens (tertiary/aromatic N) is 5. The van der Waals surface area contributed by atoms with Crippen LogP contribution in [0, 0.1) is 34.0 Å². The molecule has 0 aliphatic rings. The maximum Gasteiger partial charge on any atom is 0.148 e. The number of hydrogen-bond donors (Lipinski definition) is 0. The van der Waals surface area contributed by atoms with E-state index in [0.717, 1.165) is 23.0 Å². The summed E-state index contributed by atoms with van der Waals surface area (Å²) in [5, 5.41) is 29.0. The van der Waals surface area contributed by atoms with Crippen LogP contribution in [-0.2, 0) is 0 Å². The summed E-state index contributed by atoms with van der Waals surface area (Å²) in [6, 6.07) is 9.57. The number of nitriles is 3. The highest BCUT2D eigenvalue weighted by Gasteiger charge is 2.12. The molecule has 5 nitrogen and oxygen atoms in total. The Morgan fingerprint density at radius 3 is 2.40 bits per heavy atom. The minimum Gasteiger partial charge on any atom is -0.364 e. The van der Waals surface area contributed by atoms with Crippen LogP contribution < -0.4 is 4.90 Å². The predicted molar refractivity (Wildman–Crippen MR) is 103 cm³/mol. The molecule has 0 fully saturated rings. The molecule has 0 atom stereocenters. The van der Waals surface area contributed by atoms with E-state index in [2.05, 4.69) is 35.9 Å². The average molecular weight is 365 g/mol. The lowest BCUT2D eigenvalue weighted by Crippen LogP contribution is -2.20. The minimum absolute atomic E-state index is 0.0714. The van der Waals surface area contributed by atoms with Crippen molar-refractivity contribution in [2.45, 2.75) is 13.8 Å². The van der Waals surface area contributed by atoms with Crippen LogP contribution in [0.15, 0.2) is 23.9 Å². The second-order valence-corrected chi connectivity index (χ2v) is 6.99. The molecule has 2 aromatic rings. The Balaban J connectivity index is 2.21. The van der Waals surface area contributed by atoms with Crippen molar-refractivity contribution < 1.29 is 0 Å². The lowest BCUT2D eigenvalue weighted by molar-refractivity contribution is 0.876. The van der Waals surface area contributed by atoms with E-state index in [4.69, 9.17) is 10.5 Å². The first kappa shape index (κ1) is 18.4. The fourth-order valence-corrected chi connectivity index (χ4v) is 4.00. The van der Waals surface area contributed by atoms with Crippen molar-refractivity contribution in [1.29, 1.82) is 15.8 Å². The van der Waals surface area contributed by atoms with Gasteiger partial charge in [0.25, 0.3) is 0 Å². The zero-order valence-electron chi connectivity index (χ0n) is 13.9. The van der Waals surface area contributed by atoms with Gasteiger partial charge in [-0.25, -0.2) is 4.98 Å². The average Bonchev–Trinajstić information content (AvgIpc) is 3.28. The van der Waals surface area contributed by atoms with Gasteiger partial charge in [0, 0.05) is 24.2 Å². The van der Waals surface area contributed by atoms with Gasteiger partial charge in [-0.3, -0.25) is 0 Å². The second kappa shape index (κ2) is 8.80. The second-order valence-electron chi connectivity index (χ2n) is 4.83. The highest BCUT2D eigenvalue weighted by atomic mass is 32.1. The molecule has 0 radical (unpaired) electrons. The summed E-state index contributed by atoms with van der Waals surface area (Å²) in [6.45, 7) is 6.21. The van der Waals surface area contributed by atoms with E-state index in [-0.39, 0.29) is 11.1 Å². The van der Waals surface area contributed by atoms with Gasteiger partial charge in [0.15, 0.2) is 0 Å². The molecule has 2 rings (SSSR count). The Bertz CT molecular complexity index is 908. The van der Waals surface area contributed by atoms with E-state index in [1.807, 2.05) is 18.2 Å². The molecule has 0 spiro atoms. The molecule has 0 amide bonds. The molecule has 2 aromatic heterocycles. The van der Waals surface area contributed by atoms with Gasteiger partial charge in [0.05, 0.1) is 15.5 Å². The van der Waals surface area contributed by atoms with E-state index >= 15 is 0 Å². The van der Waals surface area contributed by atoms with Gasteiger partial charge in [0.1, 0.15) is 28.8 Å². The lowest BCUT2D eigenvalue weighted by atomic mass is 10.1. The third-order valence-corrected chi connectivity index (χ3v) is 5.52. The molecule has 0 aliphatic heterocycles. The predicted octanol–water partition coefficient (Wildman–Crippen LogP) is 4.55. The van der Waals surface area contributed by atoms with E-state index in [1.54, 1.807) is 23.5 Å². The Hall–Kier alpha value is -2.92. The molecule has 0 aromatic carbocycles. The molecule has 124 valence electrons. The van der Waals surface area contributed by atoms with E-state index in [9.17, 15) is 5.26 Å². The number of aromatic nitrogens is 1. The molecule has 0 unspecified atom stereocenters. The number of thiophene rings is 1. The van der Waals surface area contributed by atoms with Crippen LogP contribution in [0.1, 0.15) is 28.6 Å². The highest BCUT2D eigenvalue weighted by molar-refractivity contribution is 7.17. The SMILES string of the molecule is CCN(CC)c1ccc(/C=C/c2ncc(C(C#N)=C(C#N)C#N)s2)s1. The normalized spacial score (nSPS) is 10.0. The Morgan fingerprint density at radius 1 is 1.08 bits per heavy atom. The number of rotatable bonds is 6. The minimum atomic E-state index is -0.191. The van der Waals surface area contributed by atoms with Crippen molar-refractivity contribution in [1.82, 2.24) is 4.98 Å². The summed E-state index contributed by atoms with van der Waals surface area (Å²) in [5.41, 5.74) is -0.120. The highest BCUT2D eigenvalue weighted by Crippen LogP contribution is 2.29. The first-order valence-electron chi connectivity index (χ1n) is 7.60. The molecule has 0 saturated carbocycles. The largest absolute Gasteiger partial charge is 0.364 e. The molecule has 0 saturated heterocycles. The van der Waals surface area contributed by atoms with Crippen LogP contribution >= 0.6 is 22.7 Å². The summed E-state index contributed by atoms with van der Waals surface area (Å²) in [7, 11) is 0. The summed E-state index contributed by atoms with van der Waals surface area (Å²) < 4.78 is 0. The van der Waals surface area contributed by atoms with Gasteiger partial charge in [-0.2, -0.15) is 15.8 Å². The smallest absolute Gasteiger partial charge is 0.148 e. The van der Waals surface area contributed by atoms with Crippen molar-refractivity contribution in [3.8, 4) is 18.2 Å². The van der Waals surface area contributed by atoms with Gasteiger partial charge < -0.3 is 4.90 Å². The van der Waals surface area contributed by atoms with Gasteiger partial charge in [-0.05, 0) is 38.1 Å². The van der Waals surface area contributed by atoms with Crippen molar-refractivity contribution >= 4 is 45.4 Å². The number of anilines is 1. The monoisotopic (exact) mass is 365 g/mol. The van der Waals surface area contributed by atoms with Crippen LogP contribution in [-0.4, -0.2) is 18.1 Å².